The van der Waals surface area contributed by atoms with Gasteiger partial charge in [-0.2, -0.15) is 5.10 Å². The van der Waals surface area contributed by atoms with Crippen LogP contribution in [0.4, 0.5) is 0 Å². The van der Waals surface area contributed by atoms with Crippen LogP contribution in [0.1, 0.15) is 69.2 Å². The van der Waals surface area contributed by atoms with Gasteiger partial charge in [0.15, 0.2) is 0 Å². The summed E-state index contributed by atoms with van der Waals surface area (Å²) in [7, 11) is 1.99. The highest BCUT2D eigenvalue weighted by Gasteiger charge is 2.48. The molecule has 0 radical (unpaired) electrons. The van der Waals surface area contributed by atoms with Crippen molar-refractivity contribution in [3.63, 3.8) is 0 Å². The number of hydrogen-bond donors (Lipinski definition) is 0. The first-order chi connectivity index (χ1) is 12.7. The second-order valence-corrected chi connectivity index (χ2v) is 8.35. The summed E-state index contributed by atoms with van der Waals surface area (Å²) < 4.78 is 8.24. The van der Waals surface area contributed by atoms with E-state index in [2.05, 4.69) is 23.3 Å². The van der Waals surface area contributed by atoms with E-state index in [4.69, 9.17) is 9.72 Å². The van der Waals surface area contributed by atoms with E-state index in [1.807, 2.05) is 30.2 Å². The third kappa shape index (κ3) is 3.71. The zero-order valence-electron chi connectivity index (χ0n) is 16.0. The lowest BCUT2D eigenvalue weighted by molar-refractivity contribution is -0.104. The molecule has 0 aromatic carbocycles. The molecule has 4 nitrogen and oxygen atoms in total. The lowest BCUT2D eigenvalue weighted by Crippen LogP contribution is -2.46. The zero-order chi connectivity index (χ0) is 17.9. The van der Waals surface area contributed by atoms with Crippen molar-refractivity contribution >= 4 is 0 Å². The van der Waals surface area contributed by atoms with Crippen LogP contribution in [-0.4, -0.2) is 27.0 Å². The van der Waals surface area contributed by atoms with Crippen molar-refractivity contribution in [1.82, 2.24) is 14.8 Å². The highest BCUT2D eigenvalue weighted by molar-refractivity contribution is 5.20. The predicted molar refractivity (Wildman–Crippen MR) is 103 cm³/mol. The van der Waals surface area contributed by atoms with Gasteiger partial charge in [-0.1, -0.05) is 25.3 Å². The molecule has 3 heterocycles. The number of unbranched alkanes of at least 4 members (excludes halogenated alkanes) is 1. The van der Waals surface area contributed by atoms with Crippen LogP contribution in [0, 0.1) is 0 Å². The van der Waals surface area contributed by atoms with Crippen LogP contribution in [0.3, 0.4) is 0 Å². The molecule has 2 aromatic rings. The summed E-state index contributed by atoms with van der Waals surface area (Å²) >= 11 is 0. The molecule has 0 bridgehead atoms. The summed E-state index contributed by atoms with van der Waals surface area (Å²) in [5, 5.41) is 4.51. The molecule has 4 rings (SSSR count). The van der Waals surface area contributed by atoms with Crippen molar-refractivity contribution in [2.24, 2.45) is 7.05 Å². The SMILES string of the molecule is Cn1ccc(CCCC[C@@]2(c3ccccn3)CCOC3(CCCC3)C2)n1. The van der Waals surface area contributed by atoms with Crippen molar-refractivity contribution in [2.45, 2.75) is 75.2 Å². The minimum Gasteiger partial charge on any atom is -0.375 e. The summed E-state index contributed by atoms with van der Waals surface area (Å²) in [5.74, 6) is 0. The quantitative estimate of drug-likeness (QED) is 0.713. The lowest BCUT2D eigenvalue weighted by atomic mass is 9.67. The Morgan fingerprint density at radius 2 is 2.00 bits per heavy atom. The summed E-state index contributed by atoms with van der Waals surface area (Å²) in [4.78, 5) is 4.80. The molecule has 1 saturated heterocycles. The van der Waals surface area contributed by atoms with Crippen molar-refractivity contribution in [2.75, 3.05) is 6.61 Å². The van der Waals surface area contributed by atoms with Crippen LogP contribution >= 0.6 is 0 Å². The van der Waals surface area contributed by atoms with E-state index in [0.717, 1.165) is 25.9 Å². The van der Waals surface area contributed by atoms with Gasteiger partial charge >= 0.3 is 0 Å². The summed E-state index contributed by atoms with van der Waals surface area (Å²) in [5.41, 5.74) is 2.80. The highest BCUT2D eigenvalue weighted by Crippen LogP contribution is 2.50. The minimum atomic E-state index is 0.122. The van der Waals surface area contributed by atoms with E-state index >= 15 is 0 Å². The Bertz CT molecular complexity index is 705. The molecule has 1 aliphatic carbocycles. The van der Waals surface area contributed by atoms with E-state index in [1.165, 1.54) is 56.3 Å². The maximum Gasteiger partial charge on any atom is 0.0691 e. The first kappa shape index (κ1) is 17.7. The molecule has 4 heteroatoms. The van der Waals surface area contributed by atoms with Gasteiger partial charge in [-0.05, 0) is 63.1 Å². The molecule has 0 amide bonds. The zero-order valence-corrected chi connectivity index (χ0v) is 16.0. The Morgan fingerprint density at radius 3 is 2.73 bits per heavy atom. The molecule has 2 fully saturated rings. The van der Waals surface area contributed by atoms with E-state index in [0.29, 0.717) is 0 Å². The smallest absolute Gasteiger partial charge is 0.0691 e. The van der Waals surface area contributed by atoms with E-state index in [-0.39, 0.29) is 11.0 Å². The average molecular weight is 354 g/mol. The first-order valence-corrected chi connectivity index (χ1v) is 10.2. The fraction of sp³-hybridized carbons (Fsp3) is 0.636. The van der Waals surface area contributed by atoms with Crippen LogP contribution in [-0.2, 0) is 23.6 Å². The van der Waals surface area contributed by atoms with Gasteiger partial charge < -0.3 is 4.74 Å². The maximum atomic E-state index is 6.34. The van der Waals surface area contributed by atoms with Gasteiger partial charge in [-0.25, -0.2) is 0 Å². The Morgan fingerprint density at radius 1 is 1.12 bits per heavy atom. The Labute approximate surface area is 157 Å². The molecule has 2 aromatic heterocycles. The summed E-state index contributed by atoms with van der Waals surface area (Å²) in [6.45, 7) is 0.886. The Kier molecular flexibility index (Phi) is 5.12. The molecule has 0 unspecified atom stereocenters. The van der Waals surface area contributed by atoms with Gasteiger partial charge in [0.25, 0.3) is 0 Å². The molecule has 0 N–H and O–H groups in total. The molecule has 1 saturated carbocycles. The molecule has 2 aliphatic rings. The normalized spacial score (nSPS) is 25.0. The second-order valence-electron chi connectivity index (χ2n) is 8.35. The average Bonchev–Trinajstić information content (AvgIpc) is 3.29. The molecule has 1 atom stereocenters. The number of hydrogen-bond acceptors (Lipinski definition) is 3. The first-order valence-electron chi connectivity index (χ1n) is 10.2. The van der Waals surface area contributed by atoms with Crippen molar-refractivity contribution in [3.05, 3.63) is 48.0 Å². The fourth-order valence-corrected chi connectivity index (χ4v) is 5.16. The van der Waals surface area contributed by atoms with Gasteiger partial charge in [-0.15, -0.1) is 0 Å². The topological polar surface area (TPSA) is 39.9 Å². The number of aromatic nitrogens is 3. The Balaban J connectivity index is 1.46. The van der Waals surface area contributed by atoms with Crippen LogP contribution in [0.15, 0.2) is 36.7 Å². The molecular weight excluding hydrogens is 322 g/mol. The standard InChI is InChI=1S/C22H31N3O/c1-25-16-10-19(24-25)8-2-4-11-21(20-9-3-7-15-23-20)14-17-26-22(18-21)12-5-6-13-22/h3,7,9-10,15-16H,2,4-6,8,11-14,17-18H2,1H3/t21-/m1/s1. The van der Waals surface area contributed by atoms with E-state index in [1.54, 1.807) is 0 Å². The maximum absolute atomic E-state index is 6.34. The summed E-state index contributed by atoms with van der Waals surface area (Å²) in [6.07, 6.45) is 16.1. The number of aryl methyl sites for hydroxylation is 2. The third-order valence-electron chi connectivity index (χ3n) is 6.48. The second kappa shape index (κ2) is 7.51. The van der Waals surface area contributed by atoms with E-state index in [9.17, 15) is 0 Å². The summed E-state index contributed by atoms with van der Waals surface area (Å²) in [6, 6.07) is 8.56. The van der Waals surface area contributed by atoms with Gasteiger partial charge in [0.2, 0.25) is 0 Å². The Hall–Kier alpha value is -1.68. The number of rotatable bonds is 6. The molecule has 26 heavy (non-hydrogen) atoms. The largest absolute Gasteiger partial charge is 0.375 e. The van der Waals surface area contributed by atoms with Gasteiger partial charge in [0.1, 0.15) is 0 Å². The van der Waals surface area contributed by atoms with Crippen molar-refractivity contribution < 1.29 is 4.74 Å². The van der Waals surface area contributed by atoms with Gasteiger partial charge in [-0.3, -0.25) is 9.67 Å². The molecule has 140 valence electrons. The van der Waals surface area contributed by atoms with Crippen LogP contribution in [0.25, 0.3) is 0 Å². The minimum absolute atomic E-state index is 0.122. The number of pyridine rings is 1. The number of ether oxygens (including phenoxy) is 1. The van der Waals surface area contributed by atoms with Crippen molar-refractivity contribution in [3.8, 4) is 0 Å². The monoisotopic (exact) mass is 353 g/mol. The van der Waals surface area contributed by atoms with Crippen LogP contribution in [0.5, 0.6) is 0 Å². The lowest BCUT2D eigenvalue weighted by Gasteiger charge is -2.46. The highest BCUT2D eigenvalue weighted by atomic mass is 16.5. The van der Waals surface area contributed by atoms with Crippen LogP contribution < -0.4 is 0 Å². The van der Waals surface area contributed by atoms with Gasteiger partial charge in [0, 0.05) is 37.2 Å². The van der Waals surface area contributed by atoms with Crippen LogP contribution in [0.2, 0.25) is 0 Å². The number of nitrogens with zero attached hydrogens (tertiary/aromatic N) is 3. The van der Waals surface area contributed by atoms with Gasteiger partial charge in [0.05, 0.1) is 11.3 Å². The molecular formula is C22H31N3O. The molecule has 1 spiro atoms. The van der Waals surface area contributed by atoms with E-state index < -0.39 is 0 Å². The predicted octanol–water partition coefficient (Wildman–Crippen LogP) is 4.59. The fourth-order valence-electron chi connectivity index (χ4n) is 5.16. The third-order valence-corrected chi connectivity index (χ3v) is 6.48. The van der Waals surface area contributed by atoms with Crippen molar-refractivity contribution in [1.29, 1.82) is 0 Å². The molecule has 1 aliphatic heterocycles.